The summed E-state index contributed by atoms with van der Waals surface area (Å²) in [4.78, 5) is 0. The van der Waals surface area contributed by atoms with Crippen LogP contribution in [0.25, 0.3) is 0 Å². The molecule has 3 heteroatoms. The summed E-state index contributed by atoms with van der Waals surface area (Å²) in [5.74, 6) is 0. The molecule has 0 fully saturated rings. The monoisotopic (exact) mass is 226 g/mol. The lowest BCUT2D eigenvalue weighted by Crippen LogP contribution is -2.20. The highest BCUT2D eigenvalue weighted by atomic mass is 28.3. The van der Waals surface area contributed by atoms with Gasteiger partial charge in [-0.3, -0.25) is 0 Å². The molecule has 15 heavy (non-hydrogen) atoms. The molecule has 2 nitrogen and oxygen atoms in total. The molecule has 0 aromatic heterocycles. The molecule has 86 valence electrons. The van der Waals surface area contributed by atoms with E-state index in [-0.39, 0.29) is 6.29 Å². The summed E-state index contributed by atoms with van der Waals surface area (Å²) in [6.07, 6.45) is 5.13. The van der Waals surface area contributed by atoms with E-state index in [1.807, 2.05) is 6.08 Å². The fourth-order valence-corrected chi connectivity index (χ4v) is 1.59. The Kier molecular flexibility index (Phi) is 7.30. The predicted octanol–water partition coefficient (Wildman–Crippen LogP) is 3.15. The van der Waals surface area contributed by atoms with E-state index >= 15 is 0 Å². The van der Waals surface area contributed by atoms with E-state index in [0.717, 1.165) is 0 Å². The molecule has 0 spiro atoms. The fraction of sp³-hybridized carbons (Fsp3) is 0.500. The zero-order valence-corrected chi connectivity index (χ0v) is 11.0. The lowest BCUT2D eigenvalue weighted by Gasteiger charge is -2.15. The van der Waals surface area contributed by atoms with E-state index in [9.17, 15) is 0 Å². The van der Waals surface area contributed by atoms with Crippen LogP contribution in [0.4, 0.5) is 0 Å². The van der Waals surface area contributed by atoms with Crippen LogP contribution in [0.3, 0.4) is 0 Å². The second-order valence-corrected chi connectivity index (χ2v) is 9.40. The van der Waals surface area contributed by atoms with Crippen LogP contribution in [-0.4, -0.2) is 27.6 Å². The standard InChI is InChI=1S/C12H22O2Si/c1-6-9-13-12(14-10-7-2)8-11-15(3,4)5/h6-8,11-12H,1-2,9-10H2,3-5H3. The highest BCUT2D eigenvalue weighted by molar-refractivity contribution is 6.80. The van der Waals surface area contributed by atoms with Gasteiger partial charge in [-0.25, -0.2) is 0 Å². The number of hydrogen-bond donors (Lipinski definition) is 0. The second-order valence-electron chi connectivity index (χ2n) is 4.34. The average molecular weight is 226 g/mol. The Morgan fingerprint density at radius 1 is 1.07 bits per heavy atom. The van der Waals surface area contributed by atoms with Crippen molar-refractivity contribution in [2.75, 3.05) is 13.2 Å². The summed E-state index contributed by atoms with van der Waals surface area (Å²) in [5, 5.41) is 0. The third-order valence-electron chi connectivity index (χ3n) is 1.51. The molecule has 0 saturated carbocycles. The lowest BCUT2D eigenvalue weighted by atomic mass is 10.6. The zero-order valence-electron chi connectivity index (χ0n) is 10.0. The van der Waals surface area contributed by atoms with Crippen LogP contribution in [-0.2, 0) is 9.47 Å². The minimum atomic E-state index is -1.19. The van der Waals surface area contributed by atoms with Crippen LogP contribution in [0.2, 0.25) is 19.6 Å². The molecule has 0 aliphatic heterocycles. The minimum Gasteiger partial charge on any atom is -0.345 e. The van der Waals surface area contributed by atoms with Gasteiger partial charge in [0.05, 0.1) is 21.3 Å². The number of ether oxygens (including phenoxy) is 2. The lowest BCUT2D eigenvalue weighted by molar-refractivity contribution is -0.0934. The first kappa shape index (κ1) is 14.4. The third kappa shape index (κ3) is 9.66. The first-order valence-electron chi connectivity index (χ1n) is 5.14. The van der Waals surface area contributed by atoms with Crippen molar-refractivity contribution in [1.82, 2.24) is 0 Å². The van der Waals surface area contributed by atoms with Crippen molar-refractivity contribution in [3.05, 3.63) is 37.1 Å². The highest BCUT2D eigenvalue weighted by Crippen LogP contribution is 2.05. The molecule has 0 aromatic carbocycles. The normalized spacial score (nSPS) is 12.3. The summed E-state index contributed by atoms with van der Waals surface area (Å²) in [7, 11) is -1.19. The van der Waals surface area contributed by atoms with Gasteiger partial charge in [0.25, 0.3) is 0 Å². The van der Waals surface area contributed by atoms with Crippen molar-refractivity contribution in [3.63, 3.8) is 0 Å². The molecule has 0 heterocycles. The summed E-state index contributed by atoms with van der Waals surface area (Å²) < 4.78 is 10.9. The Labute approximate surface area is 94.3 Å². The van der Waals surface area contributed by atoms with E-state index in [0.29, 0.717) is 13.2 Å². The van der Waals surface area contributed by atoms with Crippen molar-refractivity contribution in [1.29, 1.82) is 0 Å². The van der Waals surface area contributed by atoms with E-state index < -0.39 is 8.07 Å². The maximum Gasteiger partial charge on any atom is 0.177 e. The van der Waals surface area contributed by atoms with Gasteiger partial charge in [0.1, 0.15) is 0 Å². The SMILES string of the molecule is C=CCOC(C=C[Si](C)(C)C)OCC=C. The summed E-state index contributed by atoms with van der Waals surface area (Å²) in [6, 6.07) is 0. The van der Waals surface area contributed by atoms with Gasteiger partial charge in [0, 0.05) is 0 Å². The molecule has 0 aliphatic rings. The third-order valence-corrected chi connectivity index (χ3v) is 2.70. The molecule has 0 unspecified atom stereocenters. The molecular weight excluding hydrogens is 204 g/mol. The first-order valence-corrected chi connectivity index (χ1v) is 8.71. The summed E-state index contributed by atoms with van der Waals surface area (Å²) >= 11 is 0. The maximum absolute atomic E-state index is 5.44. The Morgan fingerprint density at radius 3 is 1.87 bits per heavy atom. The molecule has 0 radical (unpaired) electrons. The molecule has 0 amide bonds. The van der Waals surface area contributed by atoms with Crippen molar-refractivity contribution in [3.8, 4) is 0 Å². The van der Waals surface area contributed by atoms with Crippen molar-refractivity contribution in [2.45, 2.75) is 25.9 Å². The van der Waals surface area contributed by atoms with Crippen molar-refractivity contribution in [2.24, 2.45) is 0 Å². The Balaban J connectivity index is 4.15. The minimum absolute atomic E-state index is 0.285. The van der Waals surface area contributed by atoms with Gasteiger partial charge in [-0.05, 0) is 6.08 Å². The summed E-state index contributed by atoms with van der Waals surface area (Å²) in [6.45, 7) is 15.0. The van der Waals surface area contributed by atoms with E-state index in [1.165, 1.54) is 0 Å². The molecule has 0 aromatic rings. The van der Waals surface area contributed by atoms with Gasteiger partial charge in [-0.15, -0.1) is 13.2 Å². The largest absolute Gasteiger partial charge is 0.345 e. The van der Waals surface area contributed by atoms with Crippen LogP contribution < -0.4 is 0 Å². The van der Waals surface area contributed by atoms with Gasteiger partial charge in [-0.2, -0.15) is 0 Å². The molecule has 0 bridgehead atoms. The molecule has 0 rings (SSSR count). The van der Waals surface area contributed by atoms with Gasteiger partial charge in [-0.1, -0.05) is 37.5 Å². The predicted molar refractivity (Wildman–Crippen MR) is 68.6 cm³/mol. The smallest absolute Gasteiger partial charge is 0.177 e. The topological polar surface area (TPSA) is 18.5 Å². The quantitative estimate of drug-likeness (QED) is 0.359. The van der Waals surface area contributed by atoms with Gasteiger partial charge < -0.3 is 9.47 Å². The molecule has 0 saturated heterocycles. The van der Waals surface area contributed by atoms with Crippen LogP contribution in [0.1, 0.15) is 0 Å². The molecule has 0 N–H and O–H groups in total. The van der Waals surface area contributed by atoms with E-state index in [4.69, 9.17) is 9.47 Å². The highest BCUT2D eigenvalue weighted by Gasteiger charge is 2.10. The van der Waals surface area contributed by atoms with E-state index in [2.05, 4.69) is 38.5 Å². The Hall–Kier alpha value is -0.643. The van der Waals surface area contributed by atoms with E-state index in [1.54, 1.807) is 12.2 Å². The average Bonchev–Trinajstić information content (AvgIpc) is 2.15. The first-order chi connectivity index (χ1) is 6.99. The Bertz CT molecular complexity index is 204. The molecule has 0 aliphatic carbocycles. The number of hydrogen-bond acceptors (Lipinski definition) is 2. The zero-order chi connectivity index (χ0) is 11.7. The summed E-state index contributed by atoms with van der Waals surface area (Å²) in [5.41, 5.74) is 2.21. The molecular formula is C12H22O2Si. The second kappa shape index (κ2) is 7.62. The number of rotatable bonds is 8. The fourth-order valence-electron chi connectivity index (χ4n) is 0.852. The van der Waals surface area contributed by atoms with Crippen molar-refractivity contribution < 1.29 is 9.47 Å². The van der Waals surface area contributed by atoms with Crippen LogP contribution >= 0.6 is 0 Å². The van der Waals surface area contributed by atoms with Gasteiger partial charge >= 0.3 is 0 Å². The van der Waals surface area contributed by atoms with Gasteiger partial charge in [0.2, 0.25) is 0 Å². The maximum atomic E-state index is 5.44. The van der Waals surface area contributed by atoms with Crippen LogP contribution in [0.5, 0.6) is 0 Å². The molecule has 0 atom stereocenters. The van der Waals surface area contributed by atoms with Gasteiger partial charge in [0.15, 0.2) is 6.29 Å². The van der Waals surface area contributed by atoms with Crippen molar-refractivity contribution >= 4 is 8.07 Å². The van der Waals surface area contributed by atoms with Crippen LogP contribution in [0, 0.1) is 0 Å². The van der Waals surface area contributed by atoms with Crippen LogP contribution in [0.15, 0.2) is 37.1 Å². The Morgan fingerprint density at radius 2 is 1.53 bits per heavy atom.